The van der Waals surface area contributed by atoms with E-state index in [9.17, 15) is 4.79 Å². The lowest BCUT2D eigenvalue weighted by Crippen LogP contribution is -2.40. The molecule has 1 N–H and O–H groups in total. The molecule has 4 rings (SSSR count). The number of amides is 1. The molecule has 146 valence electrons. The molecular formula is C18H22N8O2. The number of carbonyl (C=O) groups excluding carboxylic acids is 1. The lowest BCUT2D eigenvalue weighted by Gasteiger charge is -2.30. The van der Waals surface area contributed by atoms with Gasteiger partial charge in [-0.05, 0) is 48.0 Å². The highest BCUT2D eigenvalue weighted by molar-refractivity contribution is 5.93. The zero-order valence-electron chi connectivity index (χ0n) is 15.7. The Morgan fingerprint density at radius 3 is 3.00 bits per heavy atom. The second kappa shape index (κ2) is 8.26. The van der Waals surface area contributed by atoms with Crippen LogP contribution in [0.5, 0.6) is 0 Å². The quantitative estimate of drug-likeness (QED) is 0.681. The van der Waals surface area contributed by atoms with Crippen LogP contribution in [0, 0.1) is 5.92 Å². The summed E-state index contributed by atoms with van der Waals surface area (Å²) in [6.45, 7) is 4.14. The number of nitrogens with one attached hydrogen (secondary N) is 1. The first kappa shape index (κ1) is 18.2. The third-order valence-corrected chi connectivity index (χ3v) is 4.77. The molecule has 1 aliphatic heterocycles. The molecule has 0 bridgehead atoms. The maximum absolute atomic E-state index is 12.8. The summed E-state index contributed by atoms with van der Waals surface area (Å²) in [6, 6.07) is 7.45. The molecule has 28 heavy (non-hydrogen) atoms. The van der Waals surface area contributed by atoms with Gasteiger partial charge in [-0.1, -0.05) is 13.0 Å². The number of nitrogens with zero attached hydrogens (tertiary/aromatic N) is 7. The molecule has 2 aromatic heterocycles. The van der Waals surface area contributed by atoms with Crippen LogP contribution in [0.25, 0.3) is 5.69 Å². The van der Waals surface area contributed by atoms with Crippen molar-refractivity contribution < 1.29 is 9.21 Å². The standard InChI is InChI=1S/C18H22N8O2/c1-2-16-21-22-17(28-16)11-25-8-4-5-13(10-25)18(27)20-14-6-3-7-15(9-14)26-12-19-23-24-26/h3,6-7,9,12-13H,2,4-5,8,10-11H2,1H3,(H,20,27)/t13-/m0/s1. The molecule has 0 unspecified atom stereocenters. The molecule has 1 aromatic carbocycles. The van der Waals surface area contributed by atoms with E-state index in [0.717, 1.165) is 37.2 Å². The number of benzene rings is 1. The average Bonchev–Trinajstić information content (AvgIpc) is 3.40. The van der Waals surface area contributed by atoms with Gasteiger partial charge in [0, 0.05) is 18.7 Å². The molecule has 1 aliphatic rings. The van der Waals surface area contributed by atoms with Crippen molar-refractivity contribution >= 4 is 11.6 Å². The smallest absolute Gasteiger partial charge is 0.230 e. The number of hydrogen-bond donors (Lipinski definition) is 1. The van der Waals surface area contributed by atoms with E-state index < -0.39 is 0 Å². The van der Waals surface area contributed by atoms with E-state index in [1.807, 2.05) is 31.2 Å². The molecule has 0 spiro atoms. The van der Waals surface area contributed by atoms with Crippen LogP contribution >= 0.6 is 0 Å². The fourth-order valence-corrected chi connectivity index (χ4v) is 3.35. The Balaban J connectivity index is 1.37. The molecule has 10 heteroatoms. The van der Waals surface area contributed by atoms with Crippen molar-refractivity contribution in [3.05, 3.63) is 42.4 Å². The van der Waals surface area contributed by atoms with Crippen molar-refractivity contribution in [3.8, 4) is 5.69 Å². The van der Waals surface area contributed by atoms with Crippen LogP contribution in [0.3, 0.4) is 0 Å². The summed E-state index contributed by atoms with van der Waals surface area (Å²) in [6.07, 6.45) is 4.06. The van der Waals surface area contributed by atoms with Crippen molar-refractivity contribution in [2.45, 2.75) is 32.7 Å². The van der Waals surface area contributed by atoms with Gasteiger partial charge in [-0.15, -0.1) is 15.3 Å². The van der Waals surface area contributed by atoms with Crippen molar-refractivity contribution in [2.75, 3.05) is 18.4 Å². The maximum atomic E-state index is 12.8. The average molecular weight is 382 g/mol. The minimum atomic E-state index is -0.0843. The highest BCUT2D eigenvalue weighted by Gasteiger charge is 2.27. The maximum Gasteiger partial charge on any atom is 0.230 e. The van der Waals surface area contributed by atoms with Crippen molar-refractivity contribution in [2.24, 2.45) is 5.92 Å². The second-order valence-electron chi connectivity index (χ2n) is 6.81. The zero-order valence-corrected chi connectivity index (χ0v) is 15.7. The largest absolute Gasteiger partial charge is 0.424 e. The van der Waals surface area contributed by atoms with Gasteiger partial charge in [-0.3, -0.25) is 9.69 Å². The topological polar surface area (TPSA) is 115 Å². The predicted molar refractivity (Wildman–Crippen MR) is 99.5 cm³/mol. The summed E-state index contributed by atoms with van der Waals surface area (Å²) in [7, 11) is 0. The molecule has 0 aliphatic carbocycles. The zero-order chi connectivity index (χ0) is 19.3. The Bertz CT molecular complexity index is 923. The van der Waals surface area contributed by atoms with Crippen LogP contribution in [0.1, 0.15) is 31.5 Å². The fourth-order valence-electron chi connectivity index (χ4n) is 3.35. The summed E-state index contributed by atoms with van der Waals surface area (Å²) < 4.78 is 7.14. The van der Waals surface area contributed by atoms with Crippen LogP contribution in [0.4, 0.5) is 5.69 Å². The van der Waals surface area contributed by atoms with E-state index in [1.54, 1.807) is 4.68 Å². The minimum absolute atomic E-state index is 0.0124. The van der Waals surface area contributed by atoms with Crippen molar-refractivity contribution in [1.29, 1.82) is 0 Å². The normalized spacial score (nSPS) is 17.5. The number of carbonyl (C=O) groups is 1. The fraction of sp³-hybridized carbons (Fsp3) is 0.444. The van der Waals surface area contributed by atoms with Crippen LogP contribution in [0.15, 0.2) is 35.0 Å². The van der Waals surface area contributed by atoms with Crippen LogP contribution < -0.4 is 5.32 Å². The van der Waals surface area contributed by atoms with Crippen molar-refractivity contribution in [1.82, 2.24) is 35.3 Å². The SMILES string of the molecule is CCc1nnc(CN2CCC[C@H](C(=O)Nc3cccc(-n4cnnn4)c3)C2)o1. The lowest BCUT2D eigenvalue weighted by atomic mass is 9.97. The molecule has 0 radical (unpaired) electrons. The van der Waals surface area contributed by atoms with Gasteiger partial charge in [0.2, 0.25) is 17.7 Å². The first-order valence-electron chi connectivity index (χ1n) is 9.39. The molecule has 10 nitrogen and oxygen atoms in total. The lowest BCUT2D eigenvalue weighted by molar-refractivity contribution is -0.121. The second-order valence-corrected chi connectivity index (χ2v) is 6.81. The van der Waals surface area contributed by atoms with Gasteiger partial charge in [0.25, 0.3) is 0 Å². The number of hydrogen-bond acceptors (Lipinski definition) is 8. The number of tetrazole rings is 1. The van der Waals surface area contributed by atoms with E-state index in [4.69, 9.17) is 4.42 Å². The number of rotatable bonds is 6. The van der Waals surface area contributed by atoms with Crippen molar-refractivity contribution in [3.63, 3.8) is 0 Å². The third-order valence-electron chi connectivity index (χ3n) is 4.77. The summed E-state index contributed by atoms with van der Waals surface area (Å²) >= 11 is 0. The molecule has 1 atom stereocenters. The van der Waals surface area contributed by atoms with E-state index in [-0.39, 0.29) is 11.8 Å². The monoisotopic (exact) mass is 382 g/mol. The van der Waals surface area contributed by atoms with Gasteiger partial charge in [-0.2, -0.15) is 0 Å². The Morgan fingerprint density at radius 2 is 2.21 bits per heavy atom. The molecule has 1 saturated heterocycles. The summed E-state index contributed by atoms with van der Waals surface area (Å²) in [5.74, 6) is 1.17. The van der Waals surface area contributed by atoms with Gasteiger partial charge in [-0.25, -0.2) is 4.68 Å². The molecule has 0 saturated carbocycles. The van der Waals surface area contributed by atoms with Crippen LogP contribution in [-0.4, -0.2) is 54.3 Å². The van der Waals surface area contributed by atoms with Gasteiger partial charge >= 0.3 is 0 Å². The van der Waals surface area contributed by atoms with Gasteiger partial charge < -0.3 is 9.73 Å². The van der Waals surface area contributed by atoms with Gasteiger partial charge in [0.15, 0.2) is 0 Å². The van der Waals surface area contributed by atoms with E-state index in [0.29, 0.717) is 24.9 Å². The number of aromatic nitrogens is 6. The van der Waals surface area contributed by atoms with E-state index in [2.05, 4.69) is 35.9 Å². The first-order valence-corrected chi connectivity index (χ1v) is 9.39. The predicted octanol–water partition coefficient (Wildman–Crippen LogP) is 1.46. The third kappa shape index (κ3) is 4.22. The Morgan fingerprint density at radius 1 is 1.32 bits per heavy atom. The van der Waals surface area contributed by atoms with E-state index in [1.165, 1.54) is 6.33 Å². The van der Waals surface area contributed by atoms with Gasteiger partial charge in [0.05, 0.1) is 18.2 Å². The number of aryl methyl sites for hydroxylation is 1. The summed E-state index contributed by atoms with van der Waals surface area (Å²) in [4.78, 5) is 15.0. The number of piperidine rings is 1. The number of likely N-dealkylation sites (tertiary alicyclic amines) is 1. The van der Waals surface area contributed by atoms with Crippen LogP contribution in [-0.2, 0) is 17.8 Å². The Kier molecular flexibility index (Phi) is 5.38. The molecule has 3 heterocycles. The molecular weight excluding hydrogens is 360 g/mol. The van der Waals surface area contributed by atoms with Crippen LogP contribution in [0.2, 0.25) is 0 Å². The minimum Gasteiger partial charge on any atom is -0.424 e. The highest BCUT2D eigenvalue weighted by Crippen LogP contribution is 2.21. The van der Waals surface area contributed by atoms with E-state index >= 15 is 0 Å². The first-order chi connectivity index (χ1) is 13.7. The molecule has 1 amide bonds. The van der Waals surface area contributed by atoms with Gasteiger partial charge in [0.1, 0.15) is 6.33 Å². The Hall–Kier alpha value is -3.14. The number of anilines is 1. The molecule has 3 aromatic rings. The molecule has 1 fully saturated rings. The summed E-state index contributed by atoms with van der Waals surface area (Å²) in [5, 5.41) is 22.2. The Labute approximate surface area is 161 Å². The highest BCUT2D eigenvalue weighted by atomic mass is 16.4. The summed E-state index contributed by atoms with van der Waals surface area (Å²) in [5.41, 5.74) is 1.51.